The molecule has 4 aromatic rings. The number of nitrogens with zero attached hydrogens (tertiary/aromatic N) is 5. The van der Waals surface area contributed by atoms with E-state index >= 15 is 0 Å². The maximum absolute atomic E-state index is 13.0. The maximum Gasteiger partial charge on any atom is 0.227 e. The zero-order valence-electron chi connectivity index (χ0n) is 21.4. The normalized spacial score (nSPS) is 14.4. The Morgan fingerprint density at radius 3 is 2.49 bits per heavy atom. The van der Waals surface area contributed by atoms with Gasteiger partial charge in [-0.2, -0.15) is 0 Å². The van der Waals surface area contributed by atoms with E-state index < -0.39 is 0 Å². The van der Waals surface area contributed by atoms with Crippen molar-refractivity contribution >= 4 is 17.4 Å². The van der Waals surface area contributed by atoms with Gasteiger partial charge in [0, 0.05) is 74.5 Å². The van der Waals surface area contributed by atoms with Crippen molar-refractivity contribution in [3.05, 3.63) is 102 Å². The van der Waals surface area contributed by atoms with Crippen molar-refractivity contribution in [3.63, 3.8) is 0 Å². The summed E-state index contributed by atoms with van der Waals surface area (Å²) in [6.45, 7) is 7.33. The van der Waals surface area contributed by atoms with Crippen LogP contribution >= 0.6 is 0 Å². The monoisotopic (exact) mass is 492 g/mol. The van der Waals surface area contributed by atoms with Crippen molar-refractivity contribution in [2.45, 2.75) is 19.9 Å². The average molecular weight is 493 g/mol. The number of aryl methyl sites for hydroxylation is 1. The fraction of sp³-hybridized carbons (Fsp3) is 0.267. The lowest BCUT2D eigenvalue weighted by atomic mass is 10.00. The molecule has 1 N–H and O–H groups in total. The number of Topliss-reactive ketones (excluding diaryl/α,β-unsaturated/α-hetero) is 1. The molecule has 2 aromatic heterocycles. The molecule has 0 aliphatic carbocycles. The first-order chi connectivity index (χ1) is 18.0. The topological polar surface area (TPSA) is 74.2 Å². The van der Waals surface area contributed by atoms with Gasteiger partial charge in [0.25, 0.3) is 0 Å². The number of carbonyl (C=O) groups excluding carboxylic acids is 1. The number of hydrogen-bond acceptors (Lipinski definition) is 7. The van der Waals surface area contributed by atoms with E-state index in [4.69, 9.17) is 0 Å². The van der Waals surface area contributed by atoms with Crippen LogP contribution < -0.4 is 5.32 Å². The molecule has 7 nitrogen and oxygen atoms in total. The summed E-state index contributed by atoms with van der Waals surface area (Å²) in [7, 11) is 2.17. The van der Waals surface area contributed by atoms with Gasteiger partial charge in [0.2, 0.25) is 5.95 Å². The van der Waals surface area contributed by atoms with Crippen LogP contribution in [0.1, 0.15) is 27.0 Å². The van der Waals surface area contributed by atoms with Gasteiger partial charge in [-0.25, -0.2) is 9.97 Å². The van der Waals surface area contributed by atoms with Crippen LogP contribution in [-0.2, 0) is 13.0 Å². The highest BCUT2D eigenvalue weighted by Crippen LogP contribution is 2.23. The lowest BCUT2D eigenvalue weighted by Crippen LogP contribution is -2.43. The molecule has 188 valence electrons. The van der Waals surface area contributed by atoms with Crippen LogP contribution in [0.15, 0.2) is 79.3 Å². The molecular weight excluding hydrogens is 460 g/mol. The van der Waals surface area contributed by atoms with Gasteiger partial charge >= 0.3 is 0 Å². The van der Waals surface area contributed by atoms with Gasteiger partial charge in [-0.05, 0) is 54.9 Å². The quantitative estimate of drug-likeness (QED) is 0.355. The highest BCUT2D eigenvalue weighted by atomic mass is 16.1. The summed E-state index contributed by atoms with van der Waals surface area (Å²) in [5.74, 6) is 0.611. The molecule has 0 radical (unpaired) electrons. The van der Waals surface area contributed by atoms with Crippen molar-refractivity contribution < 1.29 is 4.79 Å². The minimum absolute atomic E-state index is 0.107. The lowest BCUT2D eigenvalue weighted by Gasteiger charge is -2.32. The Bertz CT molecular complexity index is 1350. The predicted molar refractivity (Wildman–Crippen MR) is 147 cm³/mol. The Morgan fingerprint density at radius 2 is 1.73 bits per heavy atom. The molecule has 1 fully saturated rings. The van der Waals surface area contributed by atoms with E-state index in [0.717, 1.165) is 66.4 Å². The maximum atomic E-state index is 13.0. The summed E-state index contributed by atoms with van der Waals surface area (Å²) in [6.07, 6.45) is 5.59. The molecule has 1 aliphatic rings. The third-order valence-corrected chi connectivity index (χ3v) is 6.80. The van der Waals surface area contributed by atoms with Gasteiger partial charge in [0.1, 0.15) is 0 Å². The summed E-state index contributed by atoms with van der Waals surface area (Å²) in [5.41, 5.74) is 6.60. The van der Waals surface area contributed by atoms with Gasteiger partial charge in [0.05, 0.1) is 5.69 Å². The van der Waals surface area contributed by atoms with Gasteiger partial charge in [0.15, 0.2) is 5.78 Å². The van der Waals surface area contributed by atoms with E-state index in [-0.39, 0.29) is 5.78 Å². The predicted octanol–water partition coefficient (Wildman–Crippen LogP) is 4.76. The van der Waals surface area contributed by atoms with Crippen LogP contribution in [0.3, 0.4) is 0 Å². The number of ketones is 1. The molecule has 3 heterocycles. The molecule has 0 unspecified atom stereocenters. The number of piperazine rings is 1. The van der Waals surface area contributed by atoms with Crippen LogP contribution in [-0.4, -0.2) is 63.8 Å². The first-order valence-corrected chi connectivity index (χ1v) is 12.7. The van der Waals surface area contributed by atoms with Crippen molar-refractivity contribution in [1.82, 2.24) is 24.8 Å². The summed E-state index contributed by atoms with van der Waals surface area (Å²) < 4.78 is 0. The average Bonchev–Trinajstić information content (AvgIpc) is 2.93. The number of rotatable bonds is 8. The summed E-state index contributed by atoms with van der Waals surface area (Å²) >= 11 is 0. The van der Waals surface area contributed by atoms with Gasteiger partial charge < -0.3 is 10.2 Å². The first-order valence-electron chi connectivity index (χ1n) is 12.7. The van der Waals surface area contributed by atoms with Crippen molar-refractivity contribution in [2.24, 2.45) is 0 Å². The largest absolute Gasteiger partial charge is 0.324 e. The van der Waals surface area contributed by atoms with Crippen molar-refractivity contribution in [2.75, 3.05) is 38.5 Å². The Hall–Kier alpha value is -3.94. The summed E-state index contributed by atoms with van der Waals surface area (Å²) in [5, 5.41) is 3.32. The minimum atomic E-state index is 0.107. The molecule has 0 bridgehead atoms. The molecule has 1 aliphatic heterocycles. The summed E-state index contributed by atoms with van der Waals surface area (Å²) in [6, 6.07) is 19.8. The SMILES string of the molecule is Cc1ccc(CC(=O)c2ccc(CN3CCN(C)CC3)cc2)cc1Nc1nccc(-c2cccnc2)n1. The molecule has 0 atom stereocenters. The van der Waals surface area contributed by atoms with Crippen LogP contribution in [0, 0.1) is 6.92 Å². The molecule has 0 amide bonds. The standard InChI is InChI=1S/C30H32N6O/c1-22-5-6-24(18-28(22)34-30-32-13-11-27(33-30)26-4-3-12-31-20-26)19-29(37)25-9-7-23(8-10-25)21-36-16-14-35(2)15-17-36/h3-13,18,20H,14-17,19,21H2,1-2H3,(H,32,33,34). The number of pyridine rings is 1. The van der Waals surface area contributed by atoms with Gasteiger partial charge in [-0.15, -0.1) is 0 Å². The van der Waals surface area contributed by atoms with E-state index in [1.165, 1.54) is 5.56 Å². The van der Waals surface area contributed by atoms with Crippen LogP contribution in [0.5, 0.6) is 0 Å². The minimum Gasteiger partial charge on any atom is -0.324 e. The van der Waals surface area contributed by atoms with Crippen LogP contribution in [0.4, 0.5) is 11.6 Å². The Kier molecular flexibility index (Phi) is 7.63. The smallest absolute Gasteiger partial charge is 0.227 e. The van der Waals surface area contributed by atoms with Gasteiger partial charge in [-0.1, -0.05) is 36.4 Å². The van der Waals surface area contributed by atoms with E-state index in [2.05, 4.69) is 49.2 Å². The molecule has 0 spiro atoms. The number of benzene rings is 2. The van der Waals surface area contributed by atoms with E-state index in [1.807, 2.05) is 55.5 Å². The second kappa shape index (κ2) is 11.4. The highest BCUT2D eigenvalue weighted by Gasteiger charge is 2.15. The second-order valence-electron chi connectivity index (χ2n) is 9.66. The number of hydrogen-bond donors (Lipinski definition) is 1. The van der Waals surface area contributed by atoms with Crippen LogP contribution in [0.2, 0.25) is 0 Å². The Balaban J connectivity index is 1.24. The number of nitrogens with one attached hydrogen (secondary N) is 1. The zero-order valence-corrected chi connectivity index (χ0v) is 21.4. The first kappa shape index (κ1) is 24.7. The van der Waals surface area contributed by atoms with E-state index in [1.54, 1.807) is 18.6 Å². The number of aromatic nitrogens is 3. The zero-order chi connectivity index (χ0) is 25.6. The van der Waals surface area contributed by atoms with E-state index in [0.29, 0.717) is 12.4 Å². The summed E-state index contributed by atoms with van der Waals surface area (Å²) in [4.78, 5) is 31.0. The Labute approximate surface area is 218 Å². The van der Waals surface area contributed by atoms with Gasteiger partial charge in [-0.3, -0.25) is 14.7 Å². The number of carbonyl (C=O) groups is 1. The molecule has 1 saturated heterocycles. The molecule has 5 rings (SSSR count). The second-order valence-corrected chi connectivity index (χ2v) is 9.66. The Morgan fingerprint density at radius 1 is 0.946 bits per heavy atom. The lowest BCUT2D eigenvalue weighted by molar-refractivity contribution is 0.0993. The highest BCUT2D eigenvalue weighted by molar-refractivity contribution is 5.97. The molecule has 37 heavy (non-hydrogen) atoms. The molecular formula is C30H32N6O. The third kappa shape index (κ3) is 6.44. The molecule has 0 saturated carbocycles. The number of anilines is 2. The van der Waals surface area contributed by atoms with Crippen molar-refractivity contribution in [3.8, 4) is 11.3 Å². The third-order valence-electron chi connectivity index (χ3n) is 6.80. The molecule has 7 heteroatoms. The van der Waals surface area contributed by atoms with Crippen LogP contribution in [0.25, 0.3) is 11.3 Å². The number of likely N-dealkylation sites (N-methyl/N-ethyl adjacent to an activating group) is 1. The molecule has 2 aromatic carbocycles. The van der Waals surface area contributed by atoms with E-state index in [9.17, 15) is 4.79 Å². The fourth-order valence-corrected chi connectivity index (χ4v) is 4.48. The van der Waals surface area contributed by atoms with Crippen molar-refractivity contribution in [1.29, 1.82) is 0 Å². The fourth-order valence-electron chi connectivity index (χ4n) is 4.48.